The van der Waals surface area contributed by atoms with Gasteiger partial charge in [-0.3, -0.25) is 9.59 Å². The smallest absolute Gasteiger partial charge is 0.237 e. The maximum absolute atomic E-state index is 12.6. The standard InChI is InChI=1S/C16H20N2O3/c1-3-9-6-11-12(7-9)16(20)18(15(11)19)10-4-5-14(21-2)13(17)8-10/h4-5,8-9,11-12H,3,6-7,17H2,1-2H3. The summed E-state index contributed by atoms with van der Waals surface area (Å²) in [4.78, 5) is 26.4. The van der Waals surface area contributed by atoms with Gasteiger partial charge in [0, 0.05) is 0 Å². The maximum atomic E-state index is 12.6. The minimum atomic E-state index is -0.147. The molecule has 0 bridgehead atoms. The number of hydrogen-bond donors (Lipinski definition) is 1. The van der Waals surface area contributed by atoms with E-state index in [1.165, 1.54) is 12.0 Å². The second-order valence-electron chi connectivity index (χ2n) is 5.90. The maximum Gasteiger partial charge on any atom is 0.237 e. The Hall–Kier alpha value is -2.04. The third-order valence-corrected chi connectivity index (χ3v) is 4.78. The fourth-order valence-electron chi connectivity index (χ4n) is 3.58. The number of nitrogen functional groups attached to an aromatic ring is 1. The second-order valence-corrected chi connectivity index (χ2v) is 5.90. The van der Waals surface area contributed by atoms with Gasteiger partial charge in [0.15, 0.2) is 0 Å². The Bertz CT molecular complexity index is 575. The summed E-state index contributed by atoms with van der Waals surface area (Å²) in [5, 5.41) is 0. The molecule has 2 unspecified atom stereocenters. The number of methoxy groups -OCH3 is 1. The van der Waals surface area contributed by atoms with Gasteiger partial charge >= 0.3 is 0 Å². The Morgan fingerprint density at radius 1 is 1.24 bits per heavy atom. The number of rotatable bonds is 3. The summed E-state index contributed by atoms with van der Waals surface area (Å²) in [6, 6.07) is 5.03. The molecule has 2 aliphatic rings. The lowest BCUT2D eigenvalue weighted by molar-refractivity contribution is -0.123. The summed E-state index contributed by atoms with van der Waals surface area (Å²) in [5.74, 6) is 0.590. The third kappa shape index (κ3) is 2.07. The van der Waals surface area contributed by atoms with Crippen LogP contribution in [0.4, 0.5) is 11.4 Å². The number of nitrogens with zero attached hydrogens (tertiary/aromatic N) is 1. The van der Waals surface area contributed by atoms with Crippen LogP contribution in [0.5, 0.6) is 5.75 Å². The van der Waals surface area contributed by atoms with Crippen molar-refractivity contribution in [3.05, 3.63) is 18.2 Å². The van der Waals surface area contributed by atoms with Crippen LogP contribution in [-0.2, 0) is 9.59 Å². The number of fused-ring (bicyclic) bond motifs is 1. The van der Waals surface area contributed by atoms with E-state index in [-0.39, 0.29) is 23.7 Å². The van der Waals surface area contributed by atoms with Gasteiger partial charge in [-0.15, -0.1) is 0 Å². The van der Waals surface area contributed by atoms with E-state index < -0.39 is 0 Å². The van der Waals surface area contributed by atoms with E-state index in [9.17, 15) is 9.59 Å². The zero-order chi connectivity index (χ0) is 15.1. The monoisotopic (exact) mass is 288 g/mol. The van der Waals surface area contributed by atoms with Crippen LogP contribution in [0, 0.1) is 17.8 Å². The van der Waals surface area contributed by atoms with E-state index >= 15 is 0 Å². The minimum absolute atomic E-state index is 0.0782. The Morgan fingerprint density at radius 3 is 2.33 bits per heavy atom. The van der Waals surface area contributed by atoms with Crippen LogP contribution in [0.1, 0.15) is 26.2 Å². The van der Waals surface area contributed by atoms with Gasteiger partial charge in [0.25, 0.3) is 0 Å². The molecule has 2 fully saturated rings. The highest BCUT2D eigenvalue weighted by Gasteiger charge is 2.52. The zero-order valence-electron chi connectivity index (χ0n) is 12.3. The summed E-state index contributed by atoms with van der Waals surface area (Å²) in [6.07, 6.45) is 2.69. The van der Waals surface area contributed by atoms with Crippen molar-refractivity contribution in [3.63, 3.8) is 0 Å². The average Bonchev–Trinajstić information content (AvgIpc) is 2.99. The van der Waals surface area contributed by atoms with Crippen LogP contribution in [0.3, 0.4) is 0 Å². The quantitative estimate of drug-likeness (QED) is 0.683. The van der Waals surface area contributed by atoms with E-state index in [4.69, 9.17) is 10.5 Å². The highest BCUT2D eigenvalue weighted by atomic mass is 16.5. The van der Waals surface area contributed by atoms with Crippen LogP contribution in [-0.4, -0.2) is 18.9 Å². The highest BCUT2D eigenvalue weighted by Crippen LogP contribution is 2.46. The molecule has 1 aliphatic heterocycles. The summed E-state index contributed by atoms with van der Waals surface area (Å²) in [7, 11) is 1.53. The fourth-order valence-corrected chi connectivity index (χ4v) is 3.58. The number of nitrogens with two attached hydrogens (primary N) is 1. The molecule has 1 saturated heterocycles. The second kappa shape index (κ2) is 5.06. The molecule has 0 radical (unpaired) electrons. The molecule has 5 nitrogen and oxygen atoms in total. The van der Waals surface area contributed by atoms with Crippen molar-refractivity contribution >= 4 is 23.2 Å². The van der Waals surface area contributed by atoms with Gasteiger partial charge in [-0.2, -0.15) is 0 Å². The SMILES string of the molecule is CCC1CC2C(=O)N(c3ccc(OC)c(N)c3)C(=O)C2C1. The molecule has 0 spiro atoms. The Morgan fingerprint density at radius 2 is 1.86 bits per heavy atom. The Kier molecular flexibility index (Phi) is 3.35. The number of anilines is 2. The highest BCUT2D eigenvalue weighted by molar-refractivity contribution is 6.22. The molecular formula is C16H20N2O3. The Balaban J connectivity index is 1.89. The molecule has 1 aliphatic carbocycles. The Labute approximate surface area is 124 Å². The molecule has 1 aromatic rings. The molecule has 112 valence electrons. The normalized spacial score (nSPS) is 28.1. The predicted octanol–water partition coefficient (Wildman–Crippen LogP) is 2.20. The zero-order valence-corrected chi connectivity index (χ0v) is 12.3. The van der Waals surface area contributed by atoms with Crippen molar-refractivity contribution in [1.29, 1.82) is 0 Å². The summed E-state index contributed by atoms with van der Waals surface area (Å²) in [6.45, 7) is 2.11. The van der Waals surface area contributed by atoms with Gasteiger partial charge in [0.2, 0.25) is 11.8 Å². The van der Waals surface area contributed by atoms with Crippen molar-refractivity contribution in [2.24, 2.45) is 17.8 Å². The topological polar surface area (TPSA) is 72.6 Å². The number of hydrogen-bond acceptors (Lipinski definition) is 4. The molecular weight excluding hydrogens is 268 g/mol. The largest absolute Gasteiger partial charge is 0.495 e. The first-order valence-corrected chi connectivity index (χ1v) is 7.38. The van der Waals surface area contributed by atoms with Crippen molar-refractivity contribution < 1.29 is 14.3 Å². The number of amides is 2. The lowest BCUT2D eigenvalue weighted by Crippen LogP contribution is -2.32. The molecule has 2 N–H and O–H groups in total. The van der Waals surface area contributed by atoms with Gasteiger partial charge in [-0.05, 0) is 37.0 Å². The summed E-state index contributed by atoms with van der Waals surface area (Å²) in [5.41, 5.74) is 6.85. The van der Waals surface area contributed by atoms with E-state index in [1.807, 2.05) is 0 Å². The minimum Gasteiger partial charge on any atom is -0.495 e. The molecule has 1 saturated carbocycles. The molecule has 21 heavy (non-hydrogen) atoms. The molecule has 2 atom stereocenters. The predicted molar refractivity (Wildman–Crippen MR) is 79.9 cm³/mol. The van der Waals surface area contributed by atoms with Crippen molar-refractivity contribution in [2.75, 3.05) is 17.7 Å². The van der Waals surface area contributed by atoms with Crippen LogP contribution < -0.4 is 15.4 Å². The first-order chi connectivity index (χ1) is 10.1. The number of benzene rings is 1. The molecule has 1 aromatic carbocycles. The molecule has 2 amide bonds. The van der Waals surface area contributed by atoms with Crippen molar-refractivity contribution in [1.82, 2.24) is 0 Å². The van der Waals surface area contributed by atoms with E-state index in [1.54, 1.807) is 18.2 Å². The van der Waals surface area contributed by atoms with E-state index in [2.05, 4.69) is 6.92 Å². The van der Waals surface area contributed by atoms with Crippen molar-refractivity contribution in [3.8, 4) is 5.75 Å². The fraction of sp³-hybridized carbons (Fsp3) is 0.500. The molecule has 1 heterocycles. The van der Waals surface area contributed by atoms with Gasteiger partial charge in [0.05, 0.1) is 30.3 Å². The van der Waals surface area contributed by atoms with Crippen LogP contribution in [0.15, 0.2) is 18.2 Å². The number of carbonyl (C=O) groups is 2. The molecule has 5 heteroatoms. The van der Waals surface area contributed by atoms with E-state index in [0.29, 0.717) is 23.0 Å². The number of carbonyl (C=O) groups excluding carboxylic acids is 2. The van der Waals surface area contributed by atoms with E-state index in [0.717, 1.165) is 19.3 Å². The van der Waals surface area contributed by atoms with Crippen molar-refractivity contribution in [2.45, 2.75) is 26.2 Å². The van der Waals surface area contributed by atoms with Crippen LogP contribution in [0.25, 0.3) is 0 Å². The number of ether oxygens (including phenoxy) is 1. The first kappa shape index (κ1) is 13.9. The van der Waals surface area contributed by atoms with Crippen LogP contribution >= 0.6 is 0 Å². The third-order valence-electron chi connectivity index (χ3n) is 4.78. The van der Waals surface area contributed by atoms with Crippen LogP contribution in [0.2, 0.25) is 0 Å². The lowest BCUT2D eigenvalue weighted by Gasteiger charge is -2.18. The van der Waals surface area contributed by atoms with Gasteiger partial charge in [0.1, 0.15) is 5.75 Å². The molecule has 3 rings (SSSR count). The lowest BCUT2D eigenvalue weighted by atomic mass is 10.00. The number of imide groups is 1. The van der Waals surface area contributed by atoms with Gasteiger partial charge in [-0.1, -0.05) is 13.3 Å². The molecule has 0 aromatic heterocycles. The average molecular weight is 288 g/mol. The van der Waals surface area contributed by atoms with Gasteiger partial charge < -0.3 is 10.5 Å². The summed E-state index contributed by atoms with van der Waals surface area (Å²) >= 11 is 0. The summed E-state index contributed by atoms with van der Waals surface area (Å²) < 4.78 is 5.11. The first-order valence-electron chi connectivity index (χ1n) is 7.38. The van der Waals surface area contributed by atoms with Gasteiger partial charge in [-0.25, -0.2) is 4.90 Å².